The van der Waals surface area contributed by atoms with Gasteiger partial charge in [0.1, 0.15) is 0 Å². The second-order valence-electron chi connectivity index (χ2n) is 7.35. The number of rotatable bonds is 1. The van der Waals surface area contributed by atoms with E-state index in [1.54, 1.807) is 0 Å². The second-order valence-corrected chi connectivity index (χ2v) is 7.35. The molecule has 0 aliphatic rings. The van der Waals surface area contributed by atoms with Crippen LogP contribution in [0.5, 0.6) is 0 Å². The third-order valence-corrected chi connectivity index (χ3v) is 4.59. The van der Waals surface area contributed by atoms with E-state index in [2.05, 4.69) is 87.5 Å². The van der Waals surface area contributed by atoms with Gasteiger partial charge >= 0.3 is 0 Å². The highest BCUT2D eigenvalue weighted by Crippen LogP contribution is 2.36. The van der Waals surface area contributed by atoms with Crippen molar-refractivity contribution in [2.75, 3.05) is 0 Å². The summed E-state index contributed by atoms with van der Waals surface area (Å²) in [7, 11) is 0. The molecule has 0 atom stereocenters. The summed E-state index contributed by atoms with van der Waals surface area (Å²) in [5.41, 5.74) is 6.12. The zero-order valence-corrected chi connectivity index (χ0v) is 14.4. The molecule has 1 nitrogen and oxygen atoms in total. The molecule has 1 heterocycles. The molecule has 1 aromatic heterocycles. The molecular formula is C23H21N. The van der Waals surface area contributed by atoms with Gasteiger partial charge in [-0.1, -0.05) is 75.4 Å². The normalized spacial score (nSPS) is 12.0. The van der Waals surface area contributed by atoms with Gasteiger partial charge in [-0.15, -0.1) is 0 Å². The molecular weight excluding hydrogens is 290 g/mol. The minimum Gasteiger partial charge on any atom is -0.248 e. The maximum atomic E-state index is 4.86. The van der Waals surface area contributed by atoms with E-state index < -0.39 is 0 Å². The molecule has 0 amide bonds. The average Bonchev–Trinajstić information content (AvgIpc) is 2.58. The van der Waals surface area contributed by atoms with Gasteiger partial charge in [-0.2, -0.15) is 0 Å². The number of hydrogen-bond donors (Lipinski definition) is 0. The Morgan fingerprint density at radius 1 is 0.667 bits per heavy atom. The Morgan fingerprint density at radius 2 is 1.33 bits per heavy atom. The number of pyridine rings is 1. The summed E-state index contributed by atoms with van der Waals surface area (Å²) in [6.07, 6.45) is 0. The lowest BCUT2D eigenvalue weighted by Crippen LogP contribution is -2.12. The first-order chi connectivity index (χ1) is 11.5. The predicted octanol–water partition coefficient (Wildman–Crippen LogP) is 6.35. The van der Waals surface area contributed by atoms with Gasteiger partial charge in [0.05, 0.1) is 11.0 Å². The van der Waals surface area contributed by atoms with Crippen LogP contribution < -0.4 is 0 Å². The maximum absolute atomic E-state index is 4.86. The van der Waals surface area contributed by atoms with Crippen LogP contribution in [-0.4, -0.2) is 4.98 Å². The third-order valence-electron chi connectivity index (χ3n) is 4.59. The smallest absolute Gasteiger partial charge is 0.0715 e. The van der Waals surface area contributed by atoms with Crippen molar-refractivity contribution in [1.82, 2.24) is 4.98 Å². The van der Waals surface area contributed by atoms with Gasteiger partial charge in [-0.05, 0) is 40.3 Å². The van der Waals surface area contributed by atoms with Gasteiger partial charge in [-0.25, -0.2) is 4.98 Å². The van der Waals surface area contributed by atoms with Gasteiger partial charge in [0.15, 0.2) is 0 Å². The average molecular weight is 311 g/mol. The van der Waals surface area contributed by atoms with E-state index in [-0.39, 0.29) is 5.41 Å². The van der Waals surface area contributed by atoms with E-state index >= 15 is 0 Å². The van der Waals surface area contributed by atoms with Crippen molar-refractivity contribution in [2.24, 2.45) is 0 Å². The van der Waals surface area contributed by atoms with E-state index in [9.17, 15) is 0 Å². The lowest BCUT2D eigenvalue weighted by Gasteiger charge is -2.23. The van der Waals surface area contributed by atoms with Crippen molar-refractivity contribution in [3.05, 3.63) is 78.4 Å². The highest BCUT2D eigenvalue weighted by atomic mass is 14.7. The van der Waals surface area contributed by atoms with E-state index in [1.807, 2.05) is 6.07 Å². The van der Waals surface area contributed by atoms with Gasteiger partial charge < -0.3 is 0 Å². The number of aromatic nitrogens is 1. The molecule has 4 aromatic rings. The van der Waals surface area contributed by atoms with Crippen molar-refractivity contribution >= 4 is 21.8 Å². The van der Waals surface area contributed by atoms with E-state index in [1.165, 1.54) is 27.5 Å². The van der Waals surface area contributed by atoms with Gasteiger partial charge in [0.2, 0.25) is 0 Å². The van der Waals surface area contributed by atoms with Crippen molar-refractivity contribution in [3.63, 3.8) is 0 Å². The van der Waals surface area contributed by atoms with Gasteiger partial charge in [0.25, 0.3) is 0 Å². The molecule has 0 fully saturated rings. The fourth-order valence-electron chi connectivity index (χ4n) is 3.41. The molecule has 0 saturated carbocycles. The minimum absolute atomic E-state index is 0.100. The summed E-state index contributed by atoms with van der Waals surface area (Å²) < 4.78 is 0. The summed E-state index contributed by atoms with van der Waals surface area (Å²) in [4.78, 5) is 4.86. The van der Waals surface area contributed by atoms with Crippen molar-refractivity contribution in [2.45, 2.75) is 26.2 Å². The molecule has 118 valence electrons. The van der Waals surface area contributed by atoms with Crippen LogP contribution in [0.25, 0.3) is 32.9 Å². The molecule has 3 aromatic carbocycles. The van der Waals surface area contributed by atoms with Gasteiger partial charge in [0, 0.05) is 10.8 Å². The first-order valence-electron chi connectivity index (χ1n) is 8.42. The summed E-state index contributed by atoms with van der Waals surface area (Å²) in [6.45, 7) is 6.81. The first kappa shape index (κ1) is 14.9. The zero-order valence-electron chi connectivity index (χ0n) is 14.4. The SMILES string of the molecule is CC(C)(C)c1ccccc1-c1cccc2nc3ccccc3cc12. The highest BCUT2D eigenvalue weighted by Gasteiger charge is 2.19. The lowest BCUT2D eigenvalue weighted by atomic mass is 9.81. The van der Waals surface area contributed by atoms with Crippen molar-refractivity contribution < 1.29 is 0 Å². The number of fused-ring (bicyclic) bond motifs is 2. The number of para-hydroxylation sites is 1. The Bertz CT molecular complexity index is 1040. The molecule has 0 spiro atoms. The van der Waals surface area contributed by atoms with Crippen LogP contribution in [0.15, 0.2) is 72.8 Å². The van der Waals surface area contributed by atoms with Crippen LogP contribution >= 0.6 is 0 Å². The Morgan fingerprint density at radius 3 is 2.17 bits per heavy atom. The molecule has 0 unspecified atom stereocenters. The van der Waals surface area contributed by atoms with Crippen LogP contribution in [-0.2, 0) is 5.41 Å². The lowest BCUT2D eigenvalue weighted by molar-refractivity contribution is 0.592. The van der Waals surface area contributed by atoms with E-state index in [0.29, 0.717) is 0 Å². The Labute approximate surface area is 143 Å². The van der Waals surface area contributed by atoms with Crippen LogP contribution in [0.2, 0.25) is 0 Å². The van der Waals surface area contributed by atoms with Crippen LogP contribution in [0.3, 0.4) is 0 Å². The summed E-state index contributed by atoms with van der Waals surface area (Å²) in [5.74, 6) is 0. The molecule has 1 heteroatoms. The van der Waals surface area contributed by atoms with Crippen LogP contribution in [0.4, 0.5) is 0 Å². The zero-order chi connectivity index (χ0) is 16.7. The van der Waals surface area contributed by atoms with E-state index in [0.717, 1.165) is 11.0 Å². The standard InChI is InChI=1S/C23H21N/c1-23(2,3)20-12-6-5-10-18(20)17-11-8-14-22-19(17)15-16-9-4-7-13-21(16)24-22/h4-15H,1-3H3. The molecule has 0 radical (unpaired) electrons. The quantitative estimate of drug-likeness (QED) is 0.373. The molecule has 0 aliphatic carbocycles. The van der Waals surface area contributed by atoms with Crippen molar-refractivity contribution in [1.29, 1.82) is 0 Å². The highest BCUT2D eigenvalue weighted by molar-refractivity contribution is 6.01. The number of nitrogens with zero attached hydrogens (tertiary/aromatic N) is 1. The van der Waals surface area contributed by atoms with E-state index in [4.69, 9.17) is 4.98 Å². The largest absolute Gasteiger partial charge is 0.248 e. The topological polar surface area (TPSA) is 12.9 Å². The summed E-state index contributed by atoms with van der Waals surface area (Å²) >= 11 is 0. The molecule has 0 aliphatic heterocycles. The summed E-state index contributed by atoms with van der Waals surface area (Å²) in [5, 5.41) is 2.40. The van der Waals surface area contributed by atoms with Crippen LogP contribution in [0, 0.1) is 0 Å². The van der Waals surface area contributed by atoms with Gasteiger partial charge in [-0.3, -0.25) is 0 Å². The molecule has 24 heavy (non-hydrogen) atoms. The second kappa shape index (κ2) is 5.45. The molecule has 0 N–H and O–H groups in total. The first-order valence-corrected chi connectivity index (χ1v) is 8.42. The molecule has 0 bridgehead atoms. The third kappa shape index (κ3) is 2.46. The molecule has 4 rings (SSSR count). The minimum atomic E-state index is 0.100. The molecule has 0 saturated heterocycles. The van der Waals surface area contributed by atoms with Crippen molar-refractivity contribution in [3.8, 4) is 11.1 Å². The Kier molecular flexibility index (Phi) is 3.38. The fourth-order valence-corrected chi connectivity index (χ4v) is 3.41. The number of hydrogen-bond acceptors (Lipinski definition) is 1. The Hall–Kier alpha value is -2.67. The predicted molar refractivity (Wildman–Crippen MR) is 103 cm³/mol. The number of benzene rings is 3. The fraction of sp³-hybridized carbons (Fsp3) is 0.174. The maximum Gasteiger partial charge on any atom is 0.0715 e. The Balaban J connectivity index is 2.07. The monoisotopic (exact) mass is 311 g/mol. The summed E-state index contributed by atoms with van der Waals surface area (Å²) in [6, 6.07) is 25.7. The van der Waals surface area contributed by atoms with Crippen LogP contribution in [0.1, 0.15) is 26.3 Å².